The Morgan fingerprint density at radius 2 is 2.27 bits per heavy atom. The van der Waals surface area contributed by atoms with E-state index >= 15 is 0 Å². The van der Waals surface area contributed by atoms with Crippen LogP contribution < -0.4 is 4.74 Å². The molecule has 0 aliphatic rings. The predicted octanol–water partition coefficient (Wildman–Crippen LogP) is 2.69. The summed E-state index contributed by atoms with van der Waals surface area (Å²) in [5.41, 5.74) is 0.792. The van der Waals surface area contributed by atoms with Crippen LogP contribution in [0.3, 0.4) is 0 Å². The Bertz CT molecular complexity index is 268. The maximum atomic E-state index is 5.82. The fourth-order valence-electron chi connectivity index (χ4n) is 0.856. The normalized spacial score (nSPS) is 9.27. The average molecular weight is 168 g/mol. The first kappa shape index (κ1) is 8.15. The third-order valence-electron chi connectivity index (χ3n) is 1.36. The van der Waals surface area contributed by atoms with E-state index in [1.807, 2.05) is 12.1 Å². The summed E-state index contributed by atoms with van der Waals surface area (Å²) in [6.07, 6.45) is 2.73. The summed E-state index contributed by atoms with van der Waals surface area (Å²) in [5, 5.41) is 0.584. The lowest BCUT2D eigenvalue weighted by Gasteiger charge is -2.04. The minimum Gasteiger partial charge on any atom is -0.495 e. The molecule has 0 aromatic heterocycles. The lowest BCUT2D eigenvalue weighted by Crippen LogP contribution is -1.87. The number of halogens is 1. The molecule has 0 aliphatic carbocycles. The molecule has 0 aliphatic heterocycles. The molecule has 57 valence electrons. The number of rotatable bonds is 2. The molecule has 2 heteroatoms. The second kappa shape index (κ2) is 3.44. The summed E-state index contributed by atoms with van der Waals surface area (Å²) in [5.74, 6) is 0.629. The first-order valence-electron chi connectivity index (χ1n) is 3.15. The van der Waals surface area contributed by atoms with Gasteiger partial charge in [-0.3, -0.25) is 0 Å². The highest BCUT2D eigenvalue weighted by molar-refractivity contribution is 6.32. The van der Waals surface area contributed by atoms with Crippen molar-refractivity contribution in [3.8, 4) is 5.75 Å². The first-order chi connectivity index (χ1) is 5.29. The molecule has 1 nitrogen and oxygen atoms in total. The standard InChI is InChI=1S/C9H8ClO/c1-3-7-5-4-6-8(10)9(7)11-2/h4-6H,1H2,2H3. The summed E-state index contributed by atoms with van der Waals surface area (Å²) < 4.78 is 5.03. The zero-order valence-corrected chi connectivity index (χ0v) is 6.98. The lowest BCUT2D eigenvalue weighted by molar-refractivity contribution is 0.413. The Kier molecular flexibility index (Phi) is 2.55. The molecule has 1 aromatic rings. The molecule has 0 saturated heterocycles. The van der Waals surface area contributed by atoms with Crippen LogP contribution in [0.25, 0.3) is 0 Å². The van der Waals surface area contributed by atoms with E-state index in [0.717, 1.165) is 5.56 Å². The average Bonchev–Trinajstić information content (AvgIpc) is 2.04. The Balaban J connectivity index is 3.23. The van der Waals surface area contributed by atoms with Gasteiger partial charge in [0.2, 0.25) is 0 Å². The van der Waals surface area contributed by atoms with Gasteiger partial charge in [0.1, 0.15) is 5.75 Å². The number of methoxy groups -OCH3 is 1. The molecule has 0 N–H and O–H groups in total. The maximum Gasteiger partial charge on any atom is 0.145 e. The largest absolute Gasteiger partial charge is 0.495 e. The highest BCUT2D eigenvalue weighted by Gasteiger charge is 2.02. The Labute approximate surface area is 71.3 Å². The monoisotopic (exact) mass is 167 g/mol. The van der Waals surface area contributed by atoms with Gasteiger partial charge in [-0.2, -0.15) is 0 Å². The highest BCUT2D eigenvalue weighted by Crippen LogP contribution is 2.27. The van der Waals surface area contributed by atoms with Crippen LogP contribution in [0.4, 0.5) is 0 Å². The molecule has 0 bridgehead atoms. The molecule has 0 atom stereocenters. The van der Waals surface area contributed by atoms with Crippen molar-refractivity contribution >= 4 is 11.6 Å². The van der Waals surface area contributed by atoms with E-state index < -0.39 is 0 Å². The van der Waals surface area contributed by atoms with Crippen molar-refractivity contribution in [2.45, 2.75) is 0 Å². The Morgan fingerprint density at radius 3 is 2.73 bits per heavy atom. The number of benzene rings is 1. The van der Waals surface area contributed by atoms with Crippen molar-refractivity contribution in [2.75, 3.05) is 7.11 Å². The highest BCUT2D eigenvalue weighted by atomic mass is 35.5. The minimum atomic E-state index is 0.584. The number of hydrogen-bond acceptors (Lipinski definition) is 1. The molecular weight excluding hydrogens is 160 g/mol. The third kappa shape index (κ3) is 1.55. The Morgan fingerprint density at radius 1 is 1.55 bits per heavy atom. The zero-order chi connectivity index (χ0) is 8.27. The van der Waals surface area contributed by atoms with Crippen LogP contribution >= 0.6 is 11.6 Å². The summed E-state index contributed by atoms with van der Waals surface area (Å²) in [7, 11) is 1.57. The van der Waals surface area contributed by atoms with Crippen molar-refractivity contribution in [2.24, 2.45) is 0 Å². The topological polar surface area (TPSA) is 9.23 Å². The van der Waals surface area contributed by atoms with Gasteiger partial charge in [-0.25, -0.2) is 0 Å². The van der Waals surface area contributed by atoms with Crippen LogP contribution in [-0.4, -0.2) is 7.11 Å². The summed E-state index contributed by atoms with van der Waals surface area (Å²) in [4.78, 5) is 0. The third-order valence-corrected chi connectivity index (χ3v) is 1.66. The summed E-state index contributed by atoms with van der Waals surface area (Å²) in [6, 6.07) is 5.44. The lowest BCUT2D eigenvalue weighted by atomic mass is 10.2. The number of ether oxygens (including phenoxy) is 1. The van der Waals surface area contributed by atoms with E-state index in [1.165, 1.54) is 0 Å². The van der Waals surface area contributed by atoms with Crippen molar-refractivity contribution in [1.82, 2.24) is 0 Å². The quantitative estimate of drug-likeness (QED) is 0.658. The summed E-state index contributed by atoms with van der Waals surface area (Å²) >= 11 is 5.82. The first-order valence-corrected chi connectivity index (χ1v) is 3.53. The van der Waals surface area contributed by atoms with Gasteiger partial charge in [0.25, 0.3) is 0 Å². The molecule has 0 spiro atoms. The second-order valence-electron chi connectivity index (χ2n) is 2.00. The molecular formula is C9H8ClO. The van der Waals surface area contributed by atoms with E-state index in [0.29, 0.717) is 10.8 Å². The molecule has 11 heavy (non-hydrogen) atoms. The van der Waals surface area contributed by atoms with Gasteiger partial charge in [0, 0.05) is 5.56 Å². The number of hydrogen-bond donors (Lipinski definition) is 0. The van der Waals surface area contributed by atoms with Crippen LogP contribution in [0.5, 0.6) is 5.75 Å². The molecule has 0 fully saturated rings. The molecule has 1 radical (unpaired) electrons. The van der Waals surface area contributed by atoms with Gasteiger partial charge in [-0.05, 0) is 12.1 Å². The predicted molar refractivity (Wildman–Crippen MR) is 46.0 cm³/mol. The zero-order valence-electron chi connectivity index (χ0n) is 6.23. The van der Waals surface area contributed by atoms with E-state index in [4.69, 9.17) is 16.3 Å². The van der Waals surface area contributed by atoms with Gasteiger partial charge in [-0.15, -0.1) is 0 Å². The number of para-hydroxylation sites is 1. The van der Waals surface area contributed by atoms with Gasteiger partial charge in [0.05, 0.1) is 12.1 Å². The van der Waals surface area contributed by atoms with Crippen LogP contribution in [-0.2, 0) is 0 Å². The molecule has 1 rings (SSSR count). The fourth-order valence-corrected chi connectivity index (χ4v) is 1.11. The van der Waals surface area contributed by atoms with Crippen molar-refractivity contribution < 1.29 is 4.74 Å². The molecule has 0 saturated carbocycles. The van der Waals surface area contributed by atoms with Crippen LogP contribution in [0.2, 0.25) is 5.02 Å². The minimum absolute atomic E-state index is 0.584. The summed E-state index contributed by atoms with van der Waals surface area (Å²) in [6.45, 7) is 3.52. The van der Waals surface area contributed by atoms with E-state index in [9.17, 15) is 0 Å². The van der Waals surface area contributed by atoms with E-state index in [-0.39, 0.29) is 0 Å². The SMILES string of the molecule is C=[C]c1cccc(Cl)c1OC. The molecule has 0 unspecified atom stereocenters. The van der Waals surface area contributed by atoms with Crippen molar-refractivity contribution in [1.29, 1.82) is 0 Å². The van der Waals surface area contributed by atoms with E-state index in [2.05, 4.69) is 12.7 Å². The maximum absolute atomic E-state index is 5.82. The smallest absolute Gasteiger partial charge is 0.145 e. The van der Waals surface area contributed by atoms with E-state index in [1.54, 1.807) is 13.2 Å². The van der Waals surface area contributed by atoms with Gasteiger partial charge < -0.3 is 4.74 Å². The van der Waals surface area contributed by atoms with Gasteiger partial charge in [-0.1, -0.05) is 30.3 Å². The molecule has 0 heterocycles. The van der Waals surface area contributed by atoms with Crippen LogP contribution in [0.15, 0.2) is 24.8 Å². The van der Waals surface area contributed by atoms with Gasteiger partial charge >= 0.3 is 0 Å². The Hall–Kier alpha value is -0.950. The van der Waals surface area contributed by atoms with Crippen LogP contribution in [0.1, 0.15) is 5.56 Å². The van der Waals surface area contributed by atoms with Crippen LogP contribution in [0, 0.1) is 6.08 Å². The molecule has 1 aromatic carbocycles. The van der Waals surface area contributed by atoms with Crippen molar-refractivity contribution in [3.63, 3.8) is 0 Å². The molecule has 0 amide bonds. The van der Waals surface area contributed by atoms with Crippen molar-refractivity contribution in [3.05, 3.63) is 41.4 Å². The fraction of sp³-hybridized carbons (Fsp3) is 0.111. The second-order valence-corrected chi connectivity index (χ2v) is 2.40. The van der Waals surface area contributed by atoms with Gasteiger partial charge in [0.15, 0.2) is 0 Å².